The van der Waals surface area contributed by atoms with Crippen molar-refractivity contribution in [3.8, 4) is 6.07 Å². The van der Waals surface area contributed by atoms with Crippen LogP contribution in [0.2, 0.25) is 0 Å². The summed E-state index contributed by atoms with van der Waals surface area (Å²) in [5.41, 5.74) is 0.385. The maximum atomic E-state index is 13.5. The topological polar surface area (TPSA) is 61.6 Å². The van der Waals surface area contributed by atoms with Crippen LogP contribution in [0, 0.1) is 23.0 Å². The van der Waals surface area contributed by atoms with Crippen LogP contribution in [0.1, 0.15) is 11.1 Å². The first-order valence-corrected chi connectivity index (χ1v) is 5.07. The molecule has 0 spiro atoms. The molecule has 1 N–H and O–H groups in total. The first kappa shape index (κ1) is 11.9. The molecule has 4 nitrogen and oxygen atoms in total. The average Bonchev–Trinajstić information content (AvgIpc) is 2.38. The molecule has 0 atom stereocenters. The second-order valence-electron chi connectivity index (χ2n) is 3.51. The summed E-state index contributed by atoms with van der Waals surface area (Å²) in [4.78, 5) is 7.53. The van der Waals surface area contributed by atoms with Gasteiger partial charge >= 0.3 is 0 Å². The molecular weight excluding hydrogens is 238 g/mol. The summed E-state index contributed by atoms with van der Waals surface area (Å²) in [7, 11) is 0. The number of halogens is 2. The number of nitriles is 1. The van der Waals surface area contributed by atoms with Crippen molar-refractivity contribution >= 4 is 5.69 Å². The summed E-state index contributed by atoms with van der Waals surface area (Å²) in [6.45, 7) is -0.0449. The second kappa shape index (κ2) is 5.19. The van der Waals surface area contributed by atoms with Crippen molar-refractivity contribution in [2.24, 2.45) is 0 Å². The summed E-state index contributed by atoms with van der Waals surface area (Å²) in [5, 5.41) is 11.4. The molecule has 0 aliphatic rings. The molecule has 6 heteroatoms. The highest BCUT2D eigenvalue weighted by atomic mass is 19.1. The van der Waals surface area contributed by atoms with Crippen LogP contribution in [-0.4, -0.2) is 9.97 Å². The minimum absolute atomic E-state index is 0.0446. The molecule has 0 aliphatic heterocycles. The zero-order valence-electron chi connectivity index (χ0n) is 9.19. The Kier molecular flexibility index (Phi) is 3.44. The van der Waals surface area contributed by atoms with Gasteiger partial charge in [0.15, 0.2) is 0 Å². The molecule has 18 heavy (non-hydrogen) atoms. The quantitative estimate of drug-likeness (QED) is 0.902. The van der Waals surface area contributed by atoms with E-state index in [0.717, 1.165) is 12.1 Å². The van der Waals surface area contributed by atoms with Gasteiger partial charge in [0, 0.05) is 12.1 Å². The van der Waals surface area contributed by atoms with E-state index >= 15 is 0 Å². The van der Waals surface area contributed by atoms with E-state index in [2.05, 4.69) is 15.3 Å². The normalized spacial score (nSPS) is 9.83. The molecule has 1 aromatic carbocycles. The monoisotopic (exact) mass is 246 g/mol. The highest BCUT2D eigenvalue weighted by molar-refractivity contribution is 5.40. The van der Waals surface area contributed by atoms with Crippen LogP contribution in [0.25, 0.3) is 0 Å². The molecular formula is C12H8F2N4. The van der Waals surface area contributed by atoms with E-state index in [4.69, 9.17) is 5.26 Å². The van der Waals surface area contributed by atoms with Crippen molar-refractivity contribution in [1.82, 2.24) is 9.97 Å². The largest absolute Gasteiger partial charge is 0.378 e. The number of benzene rings is 1. The molecule has 0 radical (unpaired) electrons. The number of anilines is 1. The lowest BCUT2D eigenvalue weighted by molar-refractivity contribution is 0.559. The third-order valence-electron chi connectivity index (χ3n) is 2.30. The van der Waals surface area contributed by atoms with Crippen molar-refractivity contribution in [2.45, 2.75) is 6.54 Å². The number of aromatic nitrogens is 2. The lowest BCUT2D eigenvalue weighted by Crippen LogP contribution is -2.05. The number of rotatable bonds is 3. The molecule has 0 fully saturated rings. The van der Waals surface area contributed by atoms with E-state index in [1.807, 2.05) is 0 Å². The second-order valence-corrected chi connectivity index (χ2v) is 3.51. The summed E-state index contributed by atoms with van der Waals surface area (Å²) in [6, 6.07) is 3.69. The van der Waals surface area contributed by atoms with Crippen LogP contribution in [0.3, 0.4) is 0 Å². The molecule has 2 aromatic rings. The fourth-order valence-electron chi connectivity index (χ4n) is 1.42. The third kappa shape index (κ3) is 2.58. The Balaban J connectivity index is 2.18. The van der Waals surface area contributed by atoms with Crippen molar-refractivity contribution in [3.63, 3.8) is 0 Å². The van der Waals surface area contributed by atoms with Gasteiger partial charge in [-0.1, -0.05) is 0 Å². The summed E-state index contributed by atoms with van der Waals surface area (Å²) in [6.07, 6.45) is 4.34. The van der Waals surface area contributed by atoms with E-state index in [0.29, 0.717) is 5.69 Å². The molecule has 1 aromatic heterocycles. The molecule has 0 saturated heterocycles. The minimum Gasteiger partial charge on any atom is -0.378 e. The standard InChI is InChI=1S/C12H8F2N4/c13-11-1-8(3-15)2-12(14)10(11)6-18-9-4-16-7-17-5-9/h1-2,4-5,7,18H,6H2. The summed E-state index contributed by atoms with van der Waals surface area (Å²) >= 11 is 0. The number of hydrogen-bond acceptors (Lipinski definition) is 4. The highest BCUT2D eigenvalue weighted by Gasteiger charge is 2.11. The zero-order chi connectivity index (χ0) is 13.0. The van der Waals surface area contributed by atoms with Crippen molar-refractivity contribution in [3.05, 3.63) is 53.6 Å². The van der Waals surface area contributed by atoms with Crippen molar-refractivity contribution in [1.29, 1.82) is 5.26 Å². The van der Waals surface area contributed by atoms with Gasteiger partial charge in [0.1, 0.15) is 18.0 Å². The fourth-order valence-corrected chi connectivity index (χ4v) is 1.42. The molecule has 0 aliphatic carbocycles. The Morgan fingerprint density at radius 2 is 1.78 bits per heavy atom. The van der Waals surface area contributed by atoms with Crippen LogP contribution >= 0.6 is 0 Å². The van der Waals surface area contributed by atoms with Crippen LogP contribution < -0.4 is 5.32 Å². The van der Waals surface area contributed by atoms with Gasteiger partial charge in [-0.05, 0) is 12.1 Å². The molecule has 2 rings (SSSR count). The SMILES string of the molecule is N#Cc1cc(F)c(CNc2cncnc2)c(F)c1. The lowest BCUT2D eigenvalue weighted by atomic mass is 10.1. The van der Waals surface area contributed by atoms with E-state index in [1.165, 1.54) is 18.7 Å². The smallest absolute Gasteiger partial charge is 0.132 e. The number of hydrogen-bond donors (Lipinski definition) is 1. The Hall–Kier alpha value is -2.55. The van der Waals surface area contributed by atoms with E-state index in [9.17, 15) is 8.78 Å². The Bertz CT molecular complexity index is 570. The van der Waals surface area contributed by atoms with Crippen molar-refractivity contribution in [2.75, 3.05) is 5.32 Å². The van der Waals surface area contributed by atoms with Crippen LogP contribution in [0.15, 0.2) is 30.9 Å². The van der Waals surface area contributed by atoms with Gasteiger partial charge in [-0.2, -0.15) is 5.26 Å². The predicted molar refractivity (Wildman–Crippen MR) is 60.4 cm³/mol. The third-order valence-corrected chi connectivity index (χ3v) is 2.30. The molecule has 0 bridgehead atoms. The molecule has 0 saturated carbocycles. The summed E-state index contributed by atoms with van der Waals surface area (Å²) < 4.78 is 27.1. The van der Waals surface area contributed by atoms with E-state index in [-0.39, 0.29) is 17.7 Å². The first-order valence-electron chi connectivity index (χ1n) is 5.07. The molecule has 0 unspecified atom stereocenters. The predicted octanol–water partition coefficient (Wildman–Crippen LogP) is 2.24. The zero-order valence-corrected chi connectivity index (χ0v) is 9.19. The highest BCUT2D eigenvalue weighted by Crippen LogP contribution is 2.16. The number of nitrogens with zero attached hydrogens (tertiary/aromatic N) is 3. The van der Waals surface area contributed by atoms with Crippen molar-refractivity contribution < 1.29 is 8.78 Å². The Labute approximate surface area is 102 Å². The Morgan fingerprint density at radius 1 is 1.17 bits per heavy atom. The van der Waals surface area contributed by atoms with Gasteiger partial charge in [-0.15, -0.1) is 0 Å². The molecule has 0 amide bonds. The average molecular weight is 246 g/mol. The van der Waals surface area contributed by atoms with Gasteiger partial charge in [0.2, 0.25) is 0 Å². The van der Waals surface area contributed by atoms with Gasteiger partial charge < -0.3 is 5.32 Å². The maximum Gasteiger partial charge on any atom is 0.132 e. The van der Waals surface area contributed by atoms with Gasteiger partial charge in [0.25, 0.3) is 0 Å². The Morgan fingerprint density at radius 3 is 2.33 bits per heavy atom. The maximum absolute atomic E-state index is 13.5. The number of nitrogens with one attached hydrogen (secondary N) is 1. The van der Waals surface area contributed by atoms with E-state index < -0.39 is 11.6 Å². The van der Waals surface area contributed by atoms with Gasteiger partial charge in [-0.25, -0.2) is 18.7 Å². The van der Waals surface area contributed by atoms with Crippen LogP contribution in [0.4, 0.5) is 14.5 Å². The summed E-state index contributed by atoms with van der Waals surface area (Å²) in [5.74, 6) is -1.51. The van der Waals surface area contributed by atoms with Crippen LogP contribution in [-0.2, 0) is 6.54 Å². The van der Waals surface area contributed by atoms with Gasteiger partial charge in [-0.3, -0.25) is 0 Å². The van der Waals surface area contributed by atoms with Crippen LogP contribution in [0.5, 0.6) is 0 Å². The van der Waals surface area contributed by atoms with E-state index in [1.54, 1.807) is 6.07 Å². The molecule has 1 heterocycles. The minimum atomic E-state index is -0.754. The lowest BCUT2D eigenvalue weighted by Gasteiger charge is -2.08. The van der Waals surface area contributed by atoms with Gasteiger partial charge in [0.05, 0.1) is 29.7 Å². The first-order chi connectivity index (χ1) is 8.70. The molecule has 90 valence electrons. The fraction of sp³-hybridized carbons (Fsp3) is 0.0833.